The fourth-order valence-corrected chi connectivity index (χ4v) is 4.47. The Morgan fingerprint density at radius 3 is 2.57 bits per heavy atom. The zero-order valence-corrected chi connectivity index (χ0v) is 23.3. The second-order valence-electron chi connectivity index (χ2n) is 7.74. The van der Waals surface area contributed by atoms with E-state index in [2.05, 4.69) is 9.71 Å². The van der Waals surface area contributed by atoms with Crippen LogP contribution in [0.25, 0.3) is 4.72 Å². The van der Waals surface area contributed by atoms with E-state index >= 15 is 0 Å². The van der Waals surface area contributed by atoms with Gasteiger partial charge >= 0.3 is 29.6 Å². The predicted molar refractivity (Wildman–Crippen MR) is 129 cm³/mol. The van der Waals surface area contributed by atoms with Gasteiger partial charge in [-0.1, -0.05) is 29.3 Å². The van der Waals surface area contributed by atoms with Crippen LogP contribution < -0.4 is 39.2 Å². The number of rotatable bonds is 7. The largest absolute Gasteiger partial charge is 1.00 e. The van der Waals surface area contributed by atoms with Gasteiger partial charge < -0.3 is 19.2 Å². The maximum atomic E-state index is 14.1. The van der Waals surface area contributed by atoms with Crippen molar-refractivity contribution in [1.82, 2.24) is 4.98 Å². The standard InChI is InChI=1S/C23H20Cl2FN3O4S.Na/c1-34(31,32)28-23(30)19-6-8-27-22-18(19)7-9-29(22)12-15-10-16(24)4-5-21(15)33-13-14-2-3-17(25)11-20(14)26;/h2-6,8,10-11H,7,9,12-13H2,1H3,(H,28,30);/q;+1/p-1. The van der Waals surface area contributed by atoms with Crippen LogP contribution in [0.4, 0.5) is 10.2 Å². The first-order chi connectivity index (χ1) is 16.1. The number of carbonyl (C=O) groups excluding carboxylic acids is 1. The van der Waals surface area contributed by atoms with E-state index in [0.29, 0.717) is 52.2 Å². The average molecular weight is 546 g/mol. The molecule has 35 heavy (non-hydrogen) atoms. The number of benzene rings is 2. The Balaban J connectivity index is 0.00000342. The van der Waals surface area contributed by atoms with Crippen LogP contribution in [0, 0.1) is 5.82 Å². The molecule has 1 aliphatic rings. The van der Waals surface area contributed by atoms with Gasteiger partial charge in [0.1, 0.15) is 24.0 Å². The monoisotopic (exact) mass is 545 g/mol. The SMILES string of the molecule is CS(=O)(=O)[N-]C(=O)c1ccnc2c1CCN2Cc1cc(Cl)ccc1OCc1ccc(Cl)cc1F.[Na+]. The number of halogens is 3. The Bertz CT molecular complexity index is 1370. The molecule has 0 radical (unpaired) electrons. The van der Waals surface area contributed by atoms with Crippen LogP contribution in [0.1, 0.15) is 27.0 Å². The summed E-state index contributed by atoms with van der Waals surface area (Å²) in [4.78, 5) is 18.7. The molecule has 0 saturated heterocycles. The molecule has 4 rings (SSSR count). The van der Waals surface area contributed by atoms with Crippen LogP contribution in [0.15, 0.2) is 48.7 Å². The molecule has 0 atom stereocenters. The summed E-state index contributed by atoms with van der Waals surface area (Å²) in [7, 11) is -3.82. The molecule has 0 aliphatic carbocycles. The van der Waals surface area contributed by atoms with E-state index in [1.807, 2.05) is 4.90 Å². The summed E-state index contributed by atoms with van der Waals surface area (Å²) in [6.07, 6.45) is 2.81. The number of pyridine rings is 1. The zero-order chi connectivity index (χ0) is 24.5. The van der Waals surface area contributed by atoms with Gasteiger partial charge in [0.2, 0.25) is 0 Å². The van der Waals surface area contributed by atoms with E-state index in [1.54, 1.807) is 30.3 Å². The first-order valence-electron chi connectivity index (χ1n) is 10.2. The van der Waals surface area contributed by atoms with Crippen molar-refractivity contribution in [3.05, 3.63) is 91.5 Å². The predicted octanol–water partition coefficient (Wildman–Crippen LogP) is 2.15. The van der Waals surface area contributed by atoms with Crippen molar-refractivity contribution in [3.8, 4) is 5.75 Å². The molecule has 0 fully saturated rings. The van der Waals surface area contributed by atoms with Gasteiger partial charge in [0.25, 0.3) is 0 Å². The zero-order valence-electron chi connectivity index (χ0n) is 19.0. The molecule has 0 N–H and O–H groups in total. The number of sulfonamides is 1. The van der Waals surface area contributed by atoms with E-state index in [9.17, 15) is 17.6 Å². The van der Waals surface area contributed by atoms with E-state index in [4.69, 9.17) is 27.9 Å². The average Bonchev–Trinajstić information content (AvgIpc) is 3.16. The number of aromatic nitrogens is 1. The van der Waals surface area contributed by atoms with Gasteiger partial charge in [0.05, 0.1) is 15.9 Å². The van der Waals surface area contributed by atoms with Gasteiger partial charge in [0.15, 0.2) is 0 Å². The molecule has 0 bridgehead atoms. The van der Waals surface area contributed by atoms with Gasteiger partial charge in [0, 0.05) is 57.8 Å². The summed E-state index contributed by atoms with van der Waals surface area (Å²) >= 11 is 12.0. The van der Waals surface area contributed by atoms with Gasteiger partial charge in [-0.3, -0.25) is 0 Å². The second kappa shape index (κ2) is 11.5. The van der Waals surface area contributed by atoms with Crippen LogP contribution in [-0.2, 0) is 29.6 Å². The van der Waals surface area contributed by atoms with Crippen molar-refractivity contribution in [2.24, 2.45) is 0 Å². The number of ether oxygens (including phenoxy) is 1. The number of amides is 1. The minimum absolute atomic E-state index is 0. The van der Waals surface area contributed by atoms with Crippen LogP contribution in [0.5, 0.6) is 5.75 Å². The van der Waals surface area contributed by atoms with E-state index in [1.165, 1.54) is 18.3 Å². The minimum Gasteiger partial charge on any atom is -0.542 e. The van der Waals surface area contributed by atoms with Crippen LogP contribution in [0.3, 0.4) is 0 Å². The third kappa shape index (κ3) is 6.87. The summed E-state index contributed by atoms with van der Waals surface area (Å²) in [5.74, 6) is -0.201. The summed E-state index contributed by atoms with van der Waals surface area (Å²) in [5, 5.41) is 0.805. The first kappa shape index (κ1) is 27.7. The topological polar surface area (TPSA) is 90.7 Å². The van der Waals surface area contributed by atoms with E-state index in [-0.39, 0.29) is 41.7 Å². The molecular weight excluding hydrogens is 527 g/mol. The van der Waals surface area contributed by atoms with Crippen molar-refractivity contribution in [2.45, 2.75) is 19.6 Å². The summed E-state index contributed by atoms with van der Waals surface area (Å²) < 4.78 is 46.1. The third-order valence-corrected chi connectivity index (χ3v) is 6.19. The molecule has 2 heterocycles. The Labute approximate surface area is 234 Å². The molecule has 0 spiro atoms. The van der Waals surface area contributed by atoms with Gasteiger partial charge in [-0.05, 0) is 42.8 Å². The molecule has 3 aromatic rings. The second-order valence-corrected chi connectivity index (χ2v) is 10.3. The molecule has 1 aromatic heterocycles. The number of nitrogens with zero attached hydrogens (tertiary/aromatic N) is 3. The molecule has 0 unspecified atom stereocenters. The van der Waals surface area contributed by atoms with Crippen molar-refractivity contribution >= 4 is 45.0 Å². The molecule has 178 valence electrons. The van der Waals surface area contributed by atoms with Gasteiger partial charge in [-0.25, -0.2) is 17.8 Å². The molecule has 1 aliphatic heterocycles. The van der Waals surface area contributed by atoms with Crippen LogP contribution in [0.2, 0.25) is 10.0 Å². The van der Waals surface area contributed by atoms with E-state index < -0.39 is 21.7 Å². The molecule has 1 amide bonds. The van der Waals surface area contributed by atoms with E-state index in [0.717, 1.165) is 11.8 Å². The molecule has 2 aromatic carbocycles. The van der Waals surface area contributed by atoms with Crippen molar-refractivity contribution in [3.63, 3.8) is 0 Å². The van der Waals surface area contributed by atoms with Crippen LogP contribution in [-0.4, -0.2) is 32.1 Å². The number of fused-ring (bicyclic) bond motifs is 1. The number of carbonyl (C=O) groups is 1. The Kier molecular flexibility index (Phi) is 9.06. The molecular formula is C23H19Cl2FN3NaO4S. The smallest absolute Gasteiger partial charge is 0.542 e. The summed E-state index contributed by atoms with van der Waals surface area (Å²) in [6, 6.07) is 11.0. The first-order valence-corrected chi connectivity index (χ1v) is 12.8. The normalized spacial score (nSPS) is 12.6. The quantitative estimate of drug-likeness (QED) is 0.422. The number of hydrogen-bond acceptors (Lipinski definition) is 6. The third-order valence-electron chi connectivity index (χ3n) is 5.23. The molecule has 0 saturated carbocycles. The molecule has 12 heteroatoms. The minimum atomic E-state index is -3.82. The van der Waals surface area contributed by atoms with Crippen molar-refractivity contribution in [2.75, 3.05) is 17.7 Å². The van der Waals surface area contributed by atoms with Crippen molar-refractivity contribution < 1.29 is 51.9 Å². The van der Waals surface area contributed by atoms with Crippen molar-refractivity contribution in [1.29, 1.82) is 0 Å². The van der Waals surface area contributed by atoms with Gasteiger partial charge in [-0.15, -0.1) is 0 Å². The Morgan fingerprint density at radius 2 is 1.86 bits per heavy atom. The number of hydrogen-bond donors (Lipinski definition) is 0. The molecule has 7 nitrogen and oxygen atoms in total. The maximum absolute atomic E-state index is 14.1. The Morgan fingerprint density at radius 1 is 1.14 bits per heavy atom. The fraction of sp³-hybridized carbons (Fsp3) is 0.217. The summed E-state index contributed by atoms with van der Waals surface area (Å²) in [6.45, 7) is 0.904. The number of anilines is 1. The fourth-order valence-electron chi connectivity index (χ4n) is 3.72. The summed E-state index contributed by atoms with van der Waals surface area (Å²) in [5.41, 5.74) is 1.94. The Hall–Kier alpha value is -1.88. The van der Waals surface area contributed by atoms with Crippen LogP contribution >= 0.6 is 23.2 Å². The maximum Gasteiger partial charge on any atom is 1.00 e. The van der Waals surface area contributed by atoms with Gasteiger partial charge in [-0.2, -0.15) is 0 Å².